The molecule has 2 aromatic rings. The third-order valence-electron chi connectivity index (χ3n) is 1.56. The molecule has 0 saturated carbocycles. The molecule has 0 aliphatic carbocycles. The number of nitrogens with zero attached hydrogens (tertiary/aromatic N) is 1. The van der Waals surface area contributed by atoms with Crippen molar-refractivity contribution in [2.75, 3.05) is 0 Å². The SMILES string of the molecule is Br/C=C\c1ccc2sccc2n1. The minimum absolute atomic E-state index is 0.984. The lowest BCUT2D eigenvalue weighted by molar-refractivity contribution is 1.38. The topological polar surface area (TPSA) is 12.9 Å². The molecule has 0 spiro atoms. The molecule has 0 amide bonds. The van der Waals surface area contributed by atoms with E-state index in [-0.39, 0.29) is 0 Å². The van der Waals surface area contributed by atoms with Crippen LogP contribution in [0.4, 0.5) is 0 Å². The van der Waals surface area contributed by atoms with Gasteiger partial charge in [0.25, 0.3) is 0 Å². The number of pyridine rings is 1. The van der Waals surface area contributed by atoms with Gasteiger partial charge in [0.1, 0.15) is 0 Å². The molecule has 0 aliphatic heterocycles. The molecule has 60 valence electrons. The van der Waals surface area contributed by atoms with Gasteiger partial charge in [0.05, 0.1) is 15.9 Å². The van der Waals surface area contributed by atoms with Crippen molar-refractivity contribution >= 4 is 43.6 Å². The molecule has 0 radical (unpaired) electrons. The van der Waals surface area contributed by atoms with Crippen molar-refractivity contribution in [3.8, 4) is 0 Å². The van der Waals surface area contributed by atoms with E-state index < -0.39 is 0 Å². The largest absolute Gasteiger partial charge is 0.248 e. The molecule has 2 heterocycles. The van der Waals surface area contributed by atoms with Gasteiger partial charge < -0.3 is 0 Å². The Kier molecular flexibility index (Phi) is 2.23. The molecule has 0 saturated heterocycles. The fourth-order valence-electron chi connectivity index (χ4n) is 1.03. The number of hydrogen-bond donors (Lipinski definition) is 0. The average molecular weight is 240 g/mol. The van der Waals surface area contributed by atoms with Gasteiger partial charge >= 0.3 is 0 Å². The second-order valence-corrected chi connectivity index (χ2v) is 3.81. The summed E-state index contributed by atoms with van der Waals surface area (Å²) in [5.74, 6) is 0. The Labute approximate surface area is 82.9 Å². The van der Waals surface area contributed by atoms with E-state index in [1.54, 1.807) is 11.3 Å². The lowest BCUT2D eigenvalue weighted by Crippen LogP contribution is -1.77. The summed E-state index contributed by atoms with van der Waals surface area (Å²) in [6, 6.07) is 6.14. The fraction of sp³-hybridized carbons (Fsp3) is 0. The normalized spacial score (nSPS) is 11.4. The lowest BCUT2D eigenvalue weighted by Gasteiger charge is -1.91. The Morgan fingerprint density at radius 2 is 2.25 bits per heavy atom. The zero-order chi connectivity index (χ0) is 8.39. The zero-order valence-electron chi connectivity index (χ0n) is 6.20. The molecule has 3 heteroatoms. The maximum atomic E-state index is 4.42. The third-order valence-corrected chi connectivity index (χ3v) is 2.70. The standard InChI is InChI=1S/C9H6BrNS/c10-5-3-7-1-2-9-8(11-7)4-6-12-9/h1-6H/b5-3-. The first-order valence-electron chi connectivity index (χ1n) is 3.51. The number of aromatic nitrogens is 1. The van der Waals surface area contributed by atoms with E-state index in [1.165, 1.54) is 4.70 Å². The molecule has 2 aromatic heterocycles. The molecule has 0 atom stereocenters. The van der Waals surface area contributed by atoms with Crippen LogP contribution in [0.2, 0.25) is 0 Å². The summed E-state index contributed by atoms with van der Waals surface area (Å²) >= 11 is 4.94. The zero-order valence-corrected chi connectivity index (χ0v) is 8.60. The summed E-state index contributed by atoms with van der Waals surface area (Å²) in [7, 11) is 0. The molecule has 0 N–H and O–H groups in total. The average Bonchev–Trinajstić information content (AvgIpc) is 2.51. The molecule has 0 aliphatic rings. The van der Waals surface area contributed by atoms with E-state index in [9.17, 15) is 0 Å². The van der Waals surface area contributed by atoms with E-state index in [1.807, 2.05) is 23.2 Å². The van der Waals surface area contributed by atoms with Gasteiger partial charge in [-0.15, -0.1) is 11.3 Å². The van der Waals surface area contributed by atoms with Crippen LogP contribution >= 0.6 is 27.3 Å². The molecule has 2 rings (SSSR count). The molecular formula is C9H6BrNS. The summed E-state index contributed by atoms with van der Waals surface area (Å²) in [4.78, 5) is 6.23. The van der Waals surface area contributed by atoms with Crippen LogP contribution in [0.5, 0.6) is 0 Å². The van der Waals surface area contributed by atoms with Crippen LogP contribution in [0.1, 0.15) is 5.69 Å². The molecule has 0 aromatic carbocycles. The van der Waals surface area contributed by atoms with Crippen molar-refractivity contribution in [3.05, 3.63) is 34.3 Å². The van der Waals surface area contributed by atoms with E-state index in [0.717, 1.165) is 11.2 Å². The predicted octanol–water partition coefficient (Wildman–Crippen LogP) is 3.66. The van der Waals surface area contributed by atoms with Crippen LogP contribution in [0.25, 0.3) is 16.3 Å². The van der Waals surface area contributed by atoms with Crippen LogP contribution in [-0.2, 0) is 0 Å². The summed E-state index contributed by atoms with van der Waals surface area (Å²) in [5, 5.41) is 2.05. The first kappa shape index (κ1) is 7.95. The van der Waals surface area contributed by atoms with Crippen LogP contribution in [0.3, 0.4) is 0 Å². The van der Waals surface area contributed by atoms with Crippen molar-refractivity contribution in [1.82, 2.24) is 4.98 Å². The van der Waals surface area contributed by atoms with Crippen LogP contribution in [0.15, 0.2) is 28.6 Å². The van der Waals surface area contributed by atoms with E-state index >= 15 is 0 Å². The second-order valence-electron chi connectivity index (χ2n) is 2.33. The number of thiophene rings is 1. The van der Waals surface area contributed by atoms with Gasteiger partial charge in [-0.2, -0.15) is 0 Å². The minimum Gasteiger partial charge on any atom is -0.248 e. The fourth-order valence-corrected chi connectivity index (χ4v) is 2.02. The maximum Gasteiger partial charge on any atom is 0.0816 e. The smallest absolute Gasteiger partial charge is 0.0816 e. The molecule has 0 bridgehead atoms. The minimum atomic E-state index is 0.984. The van der Waals surface area contributed by atoms with Crippen LogP contribution in [0, 0.1) is 0 Å². The van der Waals surface area contributed by atoms with Gasteiger partial charge in [0.15, 0.2) is 0 Å². The summed E-state index contributed by atoms with van der Waals surface area (Å²) in [6.07, 6.45) is 1.93. The number of halogens is 1. The Balaban J connectivity index is 2.60. The number of fused-ring (bicyclic) bond motifs is 1. The Bertz CT molecular complexity index is 419. The van der Waals surface area contributed by atoms with E-state index in [2.05, 4.69) is 32.4 Å². The third kappa shape index (κ3) is 1.42. The summed E-state index contributed by atoms with van der Waals surface area (Å²) in [5.41, 5.74) is 2.06. The van der Waals surface area contributed by atoms with Crippen LogP contribution < -0.4 is 0 Å². The first-order valence-corrected chi connectivity index (χ1v) is 5.31. The van der Waals surface area contributed by atoms with Gasteiger partial charge in [-0.05, 0) is 34.6 Å². The molecule has 1 nitrogen and oxygen atoms in total. The van der Waals surface area contributed by atoms with Gasteiger partial charge in [0.2, 0.25) is 0 Å². The highest BCUT2D eigenvalue weighted by Crippen LogP contribution is 2.19. The molecule has 0 unspecified atom stereocenters. The van der Waals surface area contributed by atoms with Crippen LogP contribution in [-0.4, -0.2) is 4.98 Å². The van der Waals surface area contributed by atoms with Gasteiger partial charge in [-0.25, -0.2) is 4.98 Å². The summed E-state index contributed by atoms with van der Waals surface area (Å²) in [6.45, 7) is 0. The van der Waals surface area contributed by atoms with Gasteiger partial charge in [-0.3, -0.25) is 0 Å². The van der Waals surface area contributed by atoms with Crippen molar-refractivity contribution < 1.29 is 0 Å². The van der Waals surface area contributed by atoms with Gasteiger partial charge in [-0.1, -0.05) is 15.9 Å². The van der Waals surface area contributed by atoms with E-state index in [0.29, 0.717) is 0 Å². The van der Waals surface area contributed by atoms with Crippen molar-refractivity contribution in [1.29, 1.82) is 0 Å². The lowest BCUT2D eigenvalue weighted by atomic mass is 10.3. The Hall–Kier alpha value is -0.670. The number of hydrogen-bond acceptors (Lipinski definition) is 2. The summed E-state index contributed by atoms with van der Waals surface area (Å²) < 4.78 is 1.24. The quantitative estimate of drug-likeness (QED) is 0.741. The Morgan fingerprint density at radius 1 is 1.33 bits per heavy atom. The molecular weight excluding hydrogens is 234 g/mol. The highest BCUT2D eigenvalue weighted by molar-refractivity contribution is 9.11. The monoisotopic (exact) mass is 239 g/mol. The molecule has 0 fully saturated rings. The maximum absolute atomic E-state index is 4.42. The van der Waals surface area contributed by atoms with Crippen molar-refractivity contribution in [2.45, 2.75) is 0 Å². The van der Waals surface area contributed by atoms with Crippen molar-refractivity contribution in [3.63, 3.8) is 0 Å². The number of rotatable bonds is 1. The second kappa shape index (κ2) is 3.37. The Morgan fingerprint density at radius 3 is 3.08 bits per heavy atom. The van der Waals surface area contributed by atoms with Crippen molar-refractivity contribution in [2.24, 2.45) is 0 Å². The predicted molar refractivity (Wildman–Crippen MR) is 57.6 cm³/mol. The van der Waals surface area contributed by atoms with Gasteiger partial charge in [0, 0.05) is 0 Å². The first-order chi connectivity index (χ1) is 5.90. The van der Waals surface area contributed by atoms with E-state index in [4.69, 9.17) is 0 Å². The molecule has 12 heavy (non-hydrogen) atoms. The highest BCUT2D eigenvalue weighted by Gasteiger charge is 1.95. The highest BCUT2D eigenvalue weighted by atomic mass is 79.9.